The molecular formula is C10H9ClN4O3S2. The van der Waals surface area contributed by atoms with E-state index in [0.29, 0.717) is 10.2 Å². The fraction of sp³-hybridized carbons (Fsp3) is 0.100. The maximum Gasteiger partial charge on any atom is 0.241 e. The SMILES string of the molecule is O=C(CNS(=O)(=O)c1ccc(Cl)cc1)Nc1nncs1. The number of halogens is 1. The summed E-state index contributed by atoms with van der Waals surface area (Å²) in [6, 6.07) is 5.62. The number of hydrogen-bond donors (Lipinski definition) is 2. The molecule has 0 aliphatic heterocycles. The first-order chi connectivity index (χ1) is 9.47. The average molecular weight is 333 g/mol. The largest absolute Gasteiger partial charge is 0.299 e. The minimum atomic E-state index is -3.75. The van der Waals surface area contributed by atoms with E-state index in [1.165, 1.54) is 29.8 Å². The molecule has 1 aromatic carbocycles. The number of hydrogen-bond acceptors (Lipinski definition) is 6. The molecule has 2 N–H and O–H groups in total. The van der Waals surface area contributed by atoms with Crippen LogP contribution in [0.25, 0.3) is 0 Å². The third-order valence-electron chi connectivity index (χ3n) is 2.15. The van der Waals surface area contributed by atoms with Crippen molar-refractivity contribution in [1.82, 2.24) is 14.9 Å². The highest BCUT2D eigenvalue weighted by molar-refractivity contribution is 7.89. The van der Waals surface area contributed by atoms with Crippen molar-refractivity contribution in [2.24, 2.45) is 0 Å². The van der Waals surface area contributed by atoms with Gasteiger partial charge in [0.15, 0.2) is 0 Å². The average Bonchev–Trinajstić information content (AvgIpc) is 2.90. The van der Waals surface area contributed by atoms with Crippen LogP contribution in [0.1, 0.15) is 0 Å². The van der Waals surface area contributed by atoms with Crippen LogP contribution in [0.2, 0.25) is 5.02 Å². The molecular weight excluding hydrogens is 324 g/mol. The van der Waals surface area contributed by atoms with Crippen LogP contribution in [0, 0.1) is 0 Å². The van der Waals surface area contributed by atoms with Crippen molar-refractivity contribution in [3.8, 4) is 0 Å². The van der Waals surface area contributed by atoms with Gasteiger partial charge in [-0.05, 0) is 24.3 Å². The molecule has 0 aliphatic carbocycles. The first-order valence-corrected chi connectivity index (χ1v) is 8.03. The van der Waals surface area contributed by atoms with Crippen LogP contribution in [-0.2, 0) is 14.8 Å². The van der Waals surface area contributed by atoms with E-state index in [1.807, 2.05) is 0 Å². The van der Waals surface area contributed by atoms with Gasteiger partial charge in [-0.2, -0.15) is 0 Å². The highest BCUT2D eigenvalue weighted by atomic mass is 35.5. The standard InChI is InChI=1S/C10H9ClN4O3S2/c11-7-1-3-8(4-2-7)20(17,18)13-5-9(16)14-10-15-12-6-19-10/h1-4,6,13H,5H2,(H,14,15,16). The van der Waals surface area contributed by atoms with Gasteiger partial charge in [-0.15, -0.1) is 10.2 Å². The summed E-state index contributed by atoms with van der Waals surface area (Å²) in [5.74, 6) is -0.528. The molecule has 0 saturated heterocycles. The van der Waals surface area contributed by atoms with Gasteiger partial charge in [0.1, 0.15) is 5.51 Å². The summed E-state index contributed by atoms with van der Waals surface area (Å²) < 4.78 is 26.0. The molecule has 1 aromatic heterocycles. The molecule has 1 heterocycles. The van der Waals surface area contributed by atoms with Crippen molar-refractivity contribution in [2.75, 3.05) is 11.9 Å². The molecule has 106 valence electrons. The van der Waals surface area contributed by atoms with Crippen molar-refractivity contribution in [3.05, 3.63) is 34.8 Å². The molecule has 2 aromatic rings. The molecule has 0 radical (unpaired) electrons. The second kappa shape index (κ2) is 6.27. The van der Waals surface area contributed by atoms with E-state index in [2.05, 4.69) is 20.2 Å². The number of benzene rings is 1. The Bertz CT molecular complexity index is 686. The quantitative estimate of drug-likeness (QED) is 0.854. The Morgan fingerprint density at radius 2 is 2.00 bits per heavy atom. The first kappa shape index (κ1) is 14.9. The molecule has 0 aliphatic rings. The third kappa shape index (κ3) is 3.97. The monoisotopic (exact) mass is 332 g/mol. The molecule has 0 bridgehead atoms. The molecule has 20 heavy (non-hydrogen) atoms. The molecule has 0 saturated carbocycles. The van der Waals surface area contributed by atoms with Crippen LogP contribution in [0.5, 0.6) is 0 Å². The molecule has 0 fully saturated rings. The summed E-state index contributed by atoms with van der Waals surface area (Å²) in [5.41, 5.74) is 1.45. The van der Waals surface area contributed by atoms with Crippen molar-refractivity contribution >= 4 is 44.0 Å². The zero-order chi connectivity index (χ0) is 14.6. The topological polar surface area (TPSA) is 101 Å². The summed E-state index contributed by atoms with van der Waals surface area (Å²) in [5, 5.41) is 10.3. The van der Waals surface area contributed by atoms with E-state index in [-0.39, 0.29) is 4.90 Å². The normalized spacial score (nSPS) is 11.2. The van der Waals surface area contributed by atoms with Gasteiger partial charge in [0, 0.05) is 5.02 Å². The van der Waals surface area contributed by atoms with Gasteiger partial charge in [0.25, 0.3) is 0 Å². The third-order valence-corrected chi connectivity index (χ3v) is 4.43. The van der Waals surface area contributed by atoms with Gasteiger partial charge in [0.05, 0.1) is 11.4 Å². The Morgan fingerprint density at radius 3 is 2.60 bits per heavy atom. The lowest BCUT2D eigenvalue weighted by molar-refractivity contribution is -0.115. The smallest absolute Gasteiger partial charge is 0.241 e. The number of rotatable bonds is 5. The highest BCUT2D eigenvalue weighted by Gasteiger charge is 2.15. The summed E-state index contributed by atoms with van der Waals surface area (Å²) in [7, 11) is -3.75. The number of amides is 1. The second-order valence-electron chi connectivity index (χ2n) is 3.57. The number of anilines is 1. The lowest BCUT2D eigenvalue weighted by atomic mass is 10.4. The zero-order valence-corrected chi connectivity index (χ0v) is 12.3. The first-order valence-electron chi connectivity index (χ1n) is 5.28. The van der Waals surface area contributed by atoms with E-state index in [4.69, 9.17) is 11.6 Å². The van der Waals surface area contributed by atoms with Gasteiger partial charge in [-0.3, -0.25) is 10.1 Å². The molecule has 1 amide bonds. The van der Waals surface area contributed by atoms with E-state index in [1.54, 1.807) is 0 Å². The summed E-state index contributed by atoms with van der Waals surface area (Å²) in [4.78, 5) is 11.6. The number of carbonyl (C=O) groups excluding carboxylic acids is 1. The zero-order valence-electron chi connectivity index (χ0n) is 9.91. The predicted octanol–water partition coefficient (Wildman–Crippen LogP) is 1.11. The maximum absolute atomic E-state index is 11.9. The lowest BCUT2D eigenvalue weighted by Gasteiger charge is -2.06. The number of sulfonamides is 1. The Labute approximate surface area is 124 Å². The fourth-order valence-electron chi connectivity index (χ4n) is 1.25. The Kier molecular flexibility index (Phi) is 4.65. The number of aromatic nitrogens is 2. The number of nitrogens with one attached hydrogen (secondary N) is 2. The van der Waals surface area contributed by atoms with Gasteiger partial charge in [0.2, 0.25) is 21.1 Å². The second-order valence-corrected chi connectivity index (χ2v) is 6.61. The van der Waals surface area contributed by atoms with Crippen molar-refractivity contribution in [3.63, 3.8) is 0 Å². The van der Waals surface area contributed by atoms with Crippen LogP contribution in [-0.4, -0.2) is 31.1 Å². The van der Waals surface area contributed by atoms with Gasteiger partial charge in [-0.1, -0.05) is 22.9 Å². The Balaban J connectivity index is 1.95. The van der Waals surface area contributed by atoms with E-state index >= 15 is 0 Å². The molecule has 2 rings (SSSR count). The van der Waals surface area contributed by atoms with E-state index in [9.17, 15) is 13.2 Å². The summed E-state index contributed by atoms with van der Waals surface area (Å²) in [6.07, 6.45) is 0. The van der Waals surface area contributed by atoms with Crippen LogP contribution < -0.4 is 10.0 Å². The minimum absolute atomic E-state index is 0.0330. The van der Waals surface area contributed by atoms with E-state index < -0.39 is 22.5 Å². The lowest BCUT2D eigenvalue weighted by Crippen LogP contribution is -2.32. The van der Waals surface area contributed by atoms with Crippen molar-refractivity contribution < 1.29 is 13.2 Å². The minimum Gasteiger partial charge on any atom is -0.299 e. The van der Waals surface area contributed by atoms with Crippen molar-refractivity contribution in [2.45, 2.75) is 4.90 Å². The van der Waals surface area contributed by atoms with Crippen LogP contribution in [0.3, 0.4) is 0 Å². The van der Waals surface area contributed by atoms with Crippen LogP contribution in [0.15, 0.2) is 34.7 Å². The highest BCUT2D eigenvalue weighted by Crippen LogP contribution is 2.13. The van der Waals surface area contributed by atoms with Gasteiger partial charge < -0.3 is 0 Å². The maximum atomic E-state index is 11.9. The van der Waals surface area contributed by atoms with Gasteiger partial charge >= 0.3 is 0 Å². The van der Waals surface area contributed by atoms with Gasteiger partial charge in [-0.25, -0.2) is 13.1 Å². The fourth-order valence-corrected chi connectivity index (χ4v) is 2.82. The summed E-state index contributed by atoms with van der Waals surface area (Å²) >= 11 is 6.81. The van der Waals surface area contributed by atoms with E-state index in [0.717, 1.165) is 11.3 Å². The summed E-state index contributed by atoms with van der Waals surface area (Å²) in [6.45, 7) is -0.398. The number of nitrogens with zero attached hydrogens (tertiary/aromatic N) is 2. The molecule has 7 nitrogen and oxygen atoms in total. The number of carbonyl (C=O) groups is 1. The van der Waals surface area contributed by atoms with Crippen molar-refractivity contribution in [1.29, 1.82) is 0 Å². The Hall–Kier alpha value is -1.55. The Morgan fingerprint density at radius 1 is 1.30 bits per heavy atom. The van der Waals surface area contributed by atoms with Crippen LogP contribution >= 0.6 is 22.9 Å². The molecule has 0 unspecified atom stereocenters. The molecule has 0 atom stereocenters. The molecule has 10 heteroatoms. The van der Waals surface area contributed by atoms with Crippen LogP contribution in [0.4, 0.5) is 5.13 Å². The predicted molar refractivity (Wildman–Crippen MR) is 75.2 cm³/mol. The molecule has 0 spiro atoms.